The molecule has 4 nitrogen and oxygen atoms in total. The lowest BCUT2D eigenvalue weighted by atomic mass is 9.86. The lowest BCUT2D eigenvalue weighted by Gasteiger charge is -2.23. The zero-order valence-electron chi connectivity index (χ0n) is 17.5. The van der Waals surface area contributed by atoms with Crippen LogP contribution >= 0.6 is 15.9 Å². The number of hydrogen-bond acceptors (Lipinski definition) is 3. The summed E-state index contributed by atoms with van der Waals surface area (Å²) in [5, 5.41) is 4.02. The number of amides is 1. The van der Waals surface area contributed by atoms with Crippen LogP contribution < -0.4 is 10.2 Å². The van der Waals surface area contributed by atoms with Crippen LogP contribution in [0.3, 0.4) is 0 Å². The van der Waals surface area contributed by atoms with Crippen LogP contribution in [0.15, 0.2) is 52.0 Å². The van der Waals surface area contributed by atoms with Gasteiger partial charge in [-0.3, -0.25) is 4.79 Å². The first-order chi connectivity index (χ1) is 13.0. The summed E-state index contributed by atoms with van der Waals surface area (Å²) in [4.78, 5) is 12.1. The molecule has 1 N–H and O–H groups in total. The van der Waals surface area contributed by atoms with Crippen molar-refractivity contribution in [3.63, 3.8) is 0 Å². The van der Waals surface area contributed by atoms with E-state index in [1.165, 1.54) is 5.56 Å². The predicted molar refractivity (Wildman–Crippen MR) is 119 cm³/mol. The molecule has 2 aromatic carbocycles. The average Bonchev–Trinajstić information content (AvgIpc) is 2.59. The Bertz CT molecular complexity index is 844. The fourth-order valence-corrected chi connectivity index (χ4v) is 3.00. The molecule has 0 aromatic heterocycles. The molecule has 0 aliphatic rings. The Morgan fingerprint density at radius 2 is 1.68 bits per heavy atom. The highest BCUT2D eigenvalue weighted by molar-refractivity contribution is 9.10. The topological polar surface area (TPSA) is 50.7 Å². The summed E-state index contributed by atoms with van der Waals surface area (Å²) >= 11 is 3.49. The predicted octanol–water partition coefficient (Wildman–Crippen LogP) is 5.57. The molecule has 0 radical (unpaired) electrons. The Labute approximate surface area is 176 Å². The van der Waals surface area contributed by atoms with E-state index in [1.807, 2.05) is 30.3 Å². The van der Waals surface area contributed by atoms with Crippen molar-refractivity contribution in [2.75, 3.05) is 6.61 Å². The standard InChI is InChI=1S/C23H29BrN2O2/c1-22(2,3)17-9-7-16(8-10-17)14-25-26-21(27)15-28-20-12-11-18(24)13-19(20)23(4,5)6/h7-14H,15H2,1-6H3,(H,26,27)/b25-14+. The molecule has 0 fully saturated rings. The van der Waals surface area contributed by atoms with Crippen molar-refractivity contribution >= 4 is 28.1 Å². The first-order valence-electron chi connectivity index (χ1n) is 9.32. The third-order valence-electron chi connectivity index (χ3n) is 4.29. The summed E-state index contributed by atoms with van der Waals surface area (Å²) in [5.74, 6) is 0.401. The van der Waals surface area contributed by atoms with E-state index in [-0.39, 0.29) is 23.3 Å². The van der Waals surface area contributed by atoms with Gasteiger partial charge in [0, 0.05) is 10.0 Å². The van der Waals surface area contributed by atoms with Crippen molar-refractivity contribution in [1.82, 2.24) is 5.43 Å². The Morgan fingerprint density at radius 3 is 2.25 bits per heavy atom. The number of benzene rings is 2. The van der Waals surface area contributed by atoms with Crippen molar-refractivity contribution in [2.24, 2.45) is 5.10 Å². The zero-order chi connectivity index (χ0) is 20.9. The van der Waals surface area contributed by atoms with E-state index in [9.17, 15) is 4.79 Å². The Kier molecular flexibility index (Phi) is 7.05. The van der Waals surface area contributed by atoms with E-state index in [2.05, 4.69) is 80.1 Å². The monoisotopic (exact) mass is 444 g/mol. The number of ether oxygens (including phenoxy) is 1. The molecule has 0 atom stereocenters. The number of rotatable bonds is 5. The van der Waals surface area contributed by atoms with E-state index >= 15 is 0 Å². The van der Waals surface area contributed by atoms with Crippen molar-refractivity contribution in [1.29, 1.82) is 0 Å². The van der Waals surface area contributed by atoms with Crippen LogP contribution in [0.4, 0.5) is 0 Å². The molecule has 2 aromatic rings. The highest BCUT2D eigenvalue weighted by Crippen LogP contribution is 2.33. The van der Waals surface area contributed by atoms with Gasteiger partial charge >= 0.3 is 0 Å². The van der Waals surface area contributed by atoms with Crippen LogP contribution in [0.5, 0.6) is 5.75 Å². The van der Waals surface area contributed by atoms with Gasteiger partial charge in [0.15, 0.2) is 6.61 Å². The summed E-state index contributed by atoms with van der Waals surface area (Å²) in [6.45, 7) is 12.8. The van der Waals surface area contributed by atoms with Gasteiger partial charge in [0.05, 0.1) is 6.21 Å². The molecular formula is C23H29BrN2O2. The summed E-state index contributed by atoms with van der Waals surface area (Å²) in [6.07, 6.45) is 1.63. The zero-order valence-corrected chi connectivity index (χ0v) is 19.1. The summed E-state index contributed by atoms with van der Waals surface area (Å²) in [5.41, 5.74) is 5.76. The second-order valence-corrected chi connectivity index (χ2v) is 9.76. The molecule has 0 bridgehead atoms. The lowest BCUT2D eigenvalue weighted by Crippen LogP contribution is -2.25. The van der Waals surface area contributed by atoms with Crippen LogP contribution in [0, 0.1) is 0 Å². The van der Waals surface area contributed by atoms with E-state index < -0.39 is 0 Å². The SMILES string of the molecule is CC(C)(C)c1ccc(/C=N/NC(=O)COc2ccc(Br)cc2C(C)(C)C)cc1. The summed E-state index contributed by atoms with van der Waals surface area (Å²) < 4.78 is 6.71. The molecule has 0 heterocycles. The molecule has 150 valence electrons. The molecule has 0 unspecified atom stereocenters. The Balaban J connectivity index is 1.92. The maximum absolute atomic E-state index is 12.1. The number of hydrogen-bond donors (Lipinski definition) is 1. The number of nitrogens with one attached hydrogen (secondary N) is 1. The van der Waals surface area contributed by atoms with E-state index in [4.69, 9.17) is 4.74 Å². The van der Waals surface area contributed by atoms with Crippen LogP contribution in [0.1, 0.15) is 58.2 Å². The van der Waals surface area contributed by atoms with Crippen molar-refractivity contribution in [3.05, 3.63) is 63.6 Å². The molecule has 0 saturated carbocycles. The summed E-state index contributed by atoms with van der Waals surface area (Å²) in [6, 6.07) is 13.9. The molecule has 0 aliphatic heterocycles. The highest BCUT2D eigenvalue weighted by Gasteiger charge is 2.20. The van der Waals surface area contributed by atoms with Crippen molar-refractivity contribution in [2.45, 2.75) is 52.4 Å². The largest absolute Gasteiger partial charge is 0.483 e. The molecule has 28 heavy (non-hydrogen) atoms. The minimum absolute atomic E-state index is 0.0903. The Hall–Kier alpha value is -2.14. The van der Waals surface area contributed by atoms with Crippen LogP contribution in [0.2, 0.25) is 0 Å². The van der Waals surface area contributed by atoms with Gasteiger partial charge in [-0.1, -0.05) is 81.7 Å². The fraction of sp³-hybridized carbons (Fsp3) is 0.391. The van der Waals surface area contributed by atoms with Crippen LogP contribution in [-0.2, 0) is 15.6 Å². The maximum atomic E-state index is 12.1. The second-order valence-electron chi connectivity index (χ2n) is 8.84. The maximum Gasteiger partial charge on any atom is 0.277 e. The second kappa shape index (κ2) is 8.91. The van der Waals surface area contributed by atoms with Gasteiger partial charge in [0.25, 0.3) is 5.91 Å². The smallest absolute Gasteiger partial charge is 0.277 e. The molecule has 5 heteroatoms. The summed E-state index contributed by atoms with van der Waals surface area (Å²) in [7, 11) is 0. The van der Waals surface area contributed by atoms with E-state index in [1.54, 1.807) is 6.21 Å². The van der Waals surface area contributed by atoms with Gasteiger partial charge in [-0.2, -0.15) is 5.10 Å². The minimum atomic E-state index is -0.301. The van der Waals surface area contributed by atoms with Gasteiger partial charge < -0.3 is 4.74 Å². The third-order valence-corrected chi connectivity index (χ3v) is 4.78. The minimum Gasteiger partial charge on any atom is -0.483 e. The van der Waals surface area contributed by atoms with Gasteiger partial charge in [0.2, 0.25) is 0 Å². The van der Waals surface area contributed by atoms with Gasteiger partial charge in [-0.15, -0.1) is 0 Å². The molecule has 0 saturated heterocycles. The fourth-order valence-electron chi connectivity index (χ4n) is 2.64. The van der Waals surface area contributed by atoms with Crippen LogP contribution in [-0.4, -0.2) is 18.7 Å². The van der Waals surface area contributed by atoms with Crippen molar-refractivity contribution in [3.8, 4) is 5.75 Å². The molecule has 1 amide bonds. The number of carbonyl (C=O) groups excluding carboxylic acids is 1. The number of carbonyl (C=O) groups is 1. The molecular weight excluding hydrogens is 416 g/mol. The Morgan fingerprint density at radius 1 is 1.04 bits per heavy atom. The first-order valence-corrected chi connectivity index (χ1v) is 10.1. The third kappa shape index (κ3) is 6.48. The lowest BCUT2D eigenvalue weighted by molar-refractivity contribution is -0.123. The van der Waals surface area contributed by atoms with E-state index in [0.29, 0.717) is 5.75 Å². The van der Waals surface area contributed by atoms with Crippen LogP contribution in [0.25, 0.3) is 0 Å². The first kappa shape index (κ1) is 22.2. The molecule has 0 aliphatic carbocycles. The van der Waals surface area contributed by atoms with Crippen molar-refractivity contribution < 1.29 is 9.53 Å². The number of nitrogens with zero attached hydrogens (tertiary/aromatic N) is 1. The molecule has 0 spiro atoms. The van der Waals surface area contributed by atoms with E-state index in [0.717, 1.165) is 15.6 Å². The normalized spacial score (nSPS) is 12.2. The molecule has 2 rings (SSSR count). The quantitative estimate of drug-likeness (QED) is 0.483. The number of hydrazone groups is 1. The van der Waals surface area contributed by atoms with Gasteiger partial charge in [-0.25, -0.2) is 5.43 Å². The van der Waals surface area contributed by atoms with Gasteiger partial charge in [-0.05, 0) is 40.2 Å². The van der Waals surface area contributed by atoms with Gasteiger partial charge in [0.1, 0.15) is 5.75 Å². The highest BCUT2D eigenvalue weighted by atomic mass is 79.9. The average molecular weight is 445 g/mol. The number of halogens is 1.